The van der Waals surface area contributed by atoms with E-state index < -0.39 is 34.9 Å². The molecule has 3 N–H and O–H groups in total. The maximum absolute atomic E-state index is 13.4. The molecule has 1 heterocycles. The number of hydrogen-bond donors (Lipinski definition) is 2. The standard InChI is InChI=1S/C11H8F4N4O/c1-19-10(6(16)3-17-19)11(20)18-9-7(14)4(12)2-5(13)8(9)15/h2-3H,16H2,1H3,(H,18,20). The van der Waals surface area contributed by atoms with Gasteiger partial charge in [-0.05, 0) is 0 Å². The lowest BCUT2D eigenvalue weighted by Gasteiger charge is -2.09. The van der Waals surface area contributed by atoms with Crippen molar-refractivity contribution in [1.82, 2.24) is 9.78 Å². The molecule has 0 aliphatic carbocycles. The molecule has 20 heavy (non-hydrogen) atoms. The fourth-order valence-corrected chi connectivity index (χ4v) is 1.59. The minimum absolute atomic E-state index is 0.0404. The van der Waals surface area contributed by atoms with Crippen molar-refractivity contribution in [2.75, 3.05) is 11.1 Å². The summed E-state index contributed by atoms with van der Waals surface area (Å²) >= 11 is 0. The van der Waals surface area contributed by atoms with Crippen molar-refractivity contribution in [1.29, 1.82) is 0 Å². The van der Waals surface area contributed by atoms with Gasteiger partial charge in [-0.2, -0.15) is 5.10 Å². The van der Waals surface area contributed by atoms with Gasteiger partial charge in [0.2, 0.25) is 0 Å². The molecule has 0 fully saturated rings. The van der Waals surface area contributed by atoms with Crippen LogP contribution in [0.2, 0.25) is 0 Å². The third-order valence-corrected chi connectivity index (χ3v) is 2.53. The Morgan fingerprint density at radius 2 is 1.80 bits per heavy atom. The number of anilines is 2. The summed E-state index contributed by atoms with van der Waals surface area (Å²) in [5.74, 6) is -7.73. The molecule has 0 saturated heterocycles. The molecule has 2 aromatic rings. The second-order valence-corrected chi connectivity index (χ2v) is 3.87. The first-order valence-electron chi connectivity index (χ1n) is 5.24. The zero-order valence-corrected chi connectivity index (χ0v) is 10.0. The Hall–Kier alpha value is -2.58. The van der Waals surface area contributed by atoms with Gasteiger partial charge in [0.1, 0.15) is 11.4 Å². The van der Waals surface area contributed by atoms with Crippen molar-refractivity contribution >= 4 is 17.3 Å². The largest absolute Gasteiger partial charge is 0.396 e. The van der Waals surface area contributed by atoms with E-state index in [1.165, 1.54) is 7.05 Å². The highest BCUT2D eigenvalue weighted by molar-refractivity contribution is 6.06. The van der Waals surface area contributed by atoms with Crippen molar-refractivity contribution in [2.24, 2.45) is 7.05 Å². The number of aromatic nitrogens is 2. The average molecular weight is 288 g/mol. The van der Waals surface area contributed by atoms with Gasteiger partial charge in [0.15, 0.2) is 23.3 Å². The lowest BCUT2D eigenvalue weighted by atomic mass is 10.2. The second-order valence-electron chi connectivity index (χ2n) is 3.87. The molecule has 1 aromatic heterocycles. The van der Waals surface area contributed by atoms with E-state index in [4.69, 9.17) is 5.73 Å². The maximum atomic E-state index is 13.4. The Labute approximate surface area is 110 Å². The minimum Gasteiger partial charge on any atom is -0.396 e. The molecule has 0 unspecified atom stereocenters. The van der Waals surface area contributed by atoms with Crippen LogP contribution in [0, 0.1) is 23.3 Å². The van der Waals surface area contributed by atoms with Gasteiger partial charge in [0.05, 0.1) is 11.9 Å². The summed E-state index contributed by atoms with van der Waals surface area (Å²) < 4.78 is 53.8. The number of nitrogen functional groups attached to an aromatic ring is 1. The zero-order valence-electron chi connectivity index (χ0n) is 10.0. The second kappa shape index (κ2) is 4.83. The molecule has 0 radical (unpaired) electrons. The van der Waals surface area contributed by atoms with E-state index in [2.05, 4.69) is 5.10 Å². The number of nitrogens with two attached hydrogens (primary N) is 1. The number of carbonyl (C=O) groups is 1. The van der Waals surface area contributed by atoms with Crippen molar-refractivity contribution in [3.05, 3.63) is 41.2 Å². The number of nitrogens with zero attached hydrogens (tertiary/aromatic N) is 2. The Morgan fingerprint density at radius 3 is 2.25 bits per heavy atom. The maximum Gasteiger partial charge on any atom is 0.276 e. The van der Waals surface area contributed by atoms with Crippen LogP contribution in [0.1, 0.15) is 10.5 Å². The van der Waals surface area contributed by atoms with Crippen LogP contribution in [0.5, 0.6) is 0 Å². The topological polar surface area (TPSA) is 72.9 Å². The van der Waals surface area contributed by atoms with Crippen LogP contribution in [-0.4, -0.2) is 15.7 Å². The van der Waals surface area contributed by atoms with Crippen LogP contribution in [0.4, 0.5) is 28.9 Å². The number of hydrogen-bond acceptors (Lipinski definition) is 3. The molecular formula is C11H8F4N4O. The first kappa shape index (κ1) is 13.8. The SMILES string of the molecule is Cn1ncc(N)c1C(=O)Nc1c(F)c(F)cc(F)c1F. The quantitative estimate of drug-likeness (QED) is 0.654. The van der Waals surface area contributed by atoms with Crippen molar-refractivity contribution in [3.8, 4) is 0 Å². The van der Waals surface area contributed by atoms with Gasteiger partial charge in [-0.15, -0.1) is 0 Å². The number of rotatable bonds is 2. The molecule has 9 heteroatoms. The van der Waals surface area contributed by atoms with Gasteiger partial charge in [-0.1, -0.05) is 0 Å². The van der Waals surface area contributed by atoms with E-state index in [1.807, 2.05) is 0 Å². The fourth-order valence-electron chi connectivity index (χ4n) is 1.59. The molecule has 0 bridgehead atoms. The van der Waals surface area contributed by atoms with Gasteiger partial charge in [0, 0.05) is 13.1 Å². The van der Waals surface area contributed by atoms with Gasteiger partial charge in [-0.25, -0.2) is 17.6 Å². The number of benzene rings is 1. The summed E-state index contributed by atoms with van der Waals surface area (Å²) in [7, 11) is 1.37. The van der Waals surface area contributed by atoms with Gasteiger partial charge < -0.3 is 11.1 Å². The molecular weight excluding hydrogens is 280 g/mol. The first-order valence-corrected chi connectivity index (χ1v) is 5.24. The number of nitrogens with one attached hydrogen (secondary N) is 1. The Balaban J connectivity index is 2.43. The van der Waals surface area contributed by atoms with Gasteiger partial charge in [-0.3, -0.25) is 9.48 Å². The van der Waals surface area contributed by atoms with Crippen LogP contribution in [0.15, 0.2) is 12.3 Å². The number of aryl methyl sites for hydroxylation is 1. The van der Waals surface area contributed by atoms with Gasteiger partial charge >= 0.3 is 0 Å². The monoisotopic (exact) mass is 288 g/mol. The van der Waals surface area contributed by atoms with Crippen LogP contribution in [0.25, 0.3) is 0 Å². The summed E-state index contributed by atoms with van der Waals surface area (Å²) in [6.45, 7) is 0. The van der Waals surface area contributed by atoms with E-state index in [-0.39, 0.29) is 17.4 Å². The number of amides is 1. The Kier molecular flexibility index (Phi) is 3.35. The van der Waals surface area contributed by atoms with Crippen LogP contribution < -0.4 is 11.1 Å². The average Bonchev–Trinajstić information content (AvgIpc) is 2.72. The van der Waals surface area contributed by atoms with Crippen molar-refractivity contribution in [3.63, 3.8) is 0 Å². The zero-order chi connectivity index (χ0) is 15.0. The van der Waals surface area contributed by atoms with E-state index in [0.717, 1.165) is 10.9 Å². The van der Waals surface area contributed by atoms with E-state index >= 15 is 0 Å². The number of carbonyl (C=O) groups excluding carboxylic acids is 1. The molecule has 0 saturated carbocycles. The fraction of sp³-hybridized carbons (Fsp3) is 0.0909. The number of halogens is 4. The summed E-state index contributed by atoms with van der Waals surface area (Å²) in [5, 5.41) is 5.39. The molecule has 2 rings (SSSR count). The molecule has 0 aliphatic heterocycles. The summed E-state index contributed by atoms with van der Waals surface area (Å²) in [6.07, 6.45) is 1.15. The Morgan fingerprint density at radius 1 is 1.25 bits per heavy atom. The minimum atomic E-state index is -1.71. The first-order chi connectivity index (χ1) is 9.32. The lowest BCUT2D eigenvalue weighted by Crippen LogP contribution is -2.20. The van der Waals surface area contributed by atoms with Crippen LogP contribution >= 0.6 is 0 Å². The van der Waals surface area contributed by atoms with E-state index in [1.54, 1.807) is 5.32 Å². The molecule has 106 valence electrons. The van der Waals surface area contributed by atoms with Gasteiger partial charge in [0.25, 0.3) is 5.91 Å². The Bertz CT molecular complexity index is 652. The molecule has 1 aromatic carbocycles. The molecule has 1 amide bonds. The summed E-state index contributed by atoms with van der Waals surface area (Å²) in [4.78, 5) is 11.8. The summed E-state index contributed by atoms with van der Waals surface area (Å²) in [5.41, 5.74) is 3.97. The highest BCUT2D eigenvalue weighted by Crippen LogP contribution is 2.25. The van der Waals surface area contributed by atoms with Crippen molar-refractivity contribution < 1.29 is 22.4 Å². The van der Waals surface area contributed by atoms with Crippen LogP contribution in [0.3, 0.4) is 0 Å². The van der Waals surface area contributed by atoms with Crippen molar-refractivity contribution in [2.45, 2.75) is 0 Å². The third kappa shape index (κ3) is 2.17. The summed E-state index contributed by atoms with van der Waals surface area (Å²) in [6, 6.07) is 0.0404. The normalized spacial score (nSPS) is 10.7. The smallest absolute Gasteiger partial charge is 0.276 e. The molecule has 0 atom stereocenters. The van der Waals surface area contributed by atoms with E-state index in [9.17, 15) is 22.4 Å². The lowest BCUT2D eigenvalue weighted by molar-refractivity contribution is 0.101. The predicted octanol–water partition coefficient (Wildman–Crippen LogP) is 1.81. The van der Waals surface area contributed by atoms with Crippen LogP contribution in [-0.2, 0) is 7.05 Å². The molecule has 0 aliphatic rings. The highest BCUT2D eigenvalue weighted by atomic mass is 19.2. The predicted molar refractivity (Wildman–Crippen MR) is 61.8 cm³/mol. The third-order valence-electron chi connectivity index (χ3n) is 2.53. The molecule has 0 spiro atoms. The highest BCUT2D eigenvalue weighted by Gasteiger charge is 2.23. The van der Waals surface area contributed by atoms with E-state index in [0.29, 0.717) is 0 Å². The molecule has 5 nitrogen and oxygen atoms in total.